The van der Waals surface area contributed by atoms with Gasteiger partial charge in [0.2, 0.25) is 0 Å². The van der Waals surface area contributed by atoms with Crippen molar-refractivity contribution in [2.75, 3.05) is 0 Å². The third-order valence-corrected chi connectivity index (χ3v) is 1.29. The third kappa shape index (κ3) is 0.829. The molecule has 30 valence electrons. The van der Waals surface area contributed by atoms with Gasteiger partial charge in [0, 0.05) is 0 Å². The average molecular weight is 143 g/mol. The molecule has 0 aromatic carbocycles. The van der Waals surface area contributed by atoms with Crippen molar-refractivity contribution < 1.29 is 0 Å². The second-order valence-electron chi connectivity index (χ2n) is 0.708. The molecule has 0 amide bonds. The van der Waals surface area contributed by atoms with E-state index in [1.54, 1.807) is 6.20 Å². The summed E-state index contributed by atoms with van der Waals surface area (Å²) in [6.45, 7) is 0. The van der Waals surface area contributed by atoms with Crippen LogP contribution in [0, 0.1) is 0 Å². The zero-order chi connectivity index (χ0) is 4.24. The maximum absolute atomic E-state index is 3.64. The van der Waals surface area contributed by atoms with Crippen molar-refractivity contribution in [3.63, 3.8) is 0 Å². The molecule has 0 atom stereocenters. The van der Waals surface area contributed by atoms with Crippen LogP contribution < -0.4 is 0 Å². The molecule has 1 heterocycles. The van der Waals surface area contributed by atoms with Gasteiger partial charge in [-0.1, -0.05) is 0 Å². The number of rotatable bonds is 0. The predicted octanol–water partition coefficient (Wildman–Crippen LogP) is 0.726. The van der Waals surface area contributed by atoms with Gasteiger partial charge in [0.1, 0.15) is 0 Å². The molecule has 0 spiro atoms. The zero-order valence-corrected chi connectivity index (χ0v) is 4.82. The Hall–Kier alpha value is -0.302. The molecule has 6 heavy (non-hydrogen) atoms. The number of hydrogen-bond donors (Lipinski definition) is 0. The normalized spacial score (nSPS) is 18.7. The molecule has 3 nitrogen and oxygen atoms in total. The van der Waals surface area contributed by atoms with Gasteiger partial charge in [0.25, 0.3) is 0 Å². The van der Waals surface area contributed by atoms with Crippen molar-refractivity contribution in [1.82, 2.24) is 0 Å². The summed E-state index contributed by atoms with van der Waals surface area (Å²) in [7, 11) is 0. The SMILES string of the molecule is C1=C[As]=NN=N1. The Kier molecular flexibility index (Phi) is 1.28. The molecule has 0 N–H and O–H groups in total. The predicted molar refractivity (Wildman–Crippen MR) is 22.2 cm³/mol. The summed E-state index contributed by atoms with van der Waals surface area (Å²) < 4.78 is 3.64. The molecule has 0 saturated carbocycles. The molecule has 1 aliphatic rings. The first-order chi connectivity index (χ1) is 3.00. The Morgan fingerprint density at radius 1 is 1.50 bits per heavy atom. The standard InChI is InChI=1S/C2H2AsN3/c1-2-4-6-5-3-1/h1-2H. The fourth-order valence-electron chi connectivity index (χ4n) is 0.165. The van der Waals surface area contributed by atoms with Crippen LogP contribution in [0.15, 0.2) is 25.4 Å². The van der Waals surface area contributed by atoms with E-state index in [0.717, 1.165) is 0 Å². The first kappa shape index (κ1) is 3.87. The Morgan fingerprint density at radius 3 is 2.67 bits per heavy atom. The van der Waals surface area contributed by atoms with Crippen LogP contribution in [0.1, 0.15) is 0 Å². The summed E-state index contributed by atoms with van der Waals surface area (Å²) in [5.41, 5.74) is 0. The van der Waals surface area contributed by atoms with E-state index in [0.29, 0.717) is 0 Å². The van der Waals surface area contributed by atoms with Gasteiger partial charge in [0.15, 0.2) is 0 Å². The summed E-state index contributed by atoms with van der Waals surface area (Å²) in [4.78, 5) is 1.93. The molecule has 0 radical (unpaired) electrons. The second-order valence-corrected chi connectivity index (χ2v) is 2.19. The molecule has 0 aromatic rings. The van der Waals surface area contributed by atoms with Crippen LogP contribution in [0.4, 0.5) is 0 Å². The van der Waals surface area contributed by atoms with Crippen LogP contribution in [0.25, 0.3) is 0 Å². The monoisotopic (exact) mass is 143 g/mol. The van der Waals surface area contributed by atoms with Gasteiger partial charge in [-0.15, -0.1) is 0 Å². The summed E-state index contributed by atoms with van der Waals surface area (Å²) in [6, 6.07) is 0. The quantitative estimate of drug-likeness (QED) is 0.448. The van der Waals surface area contributed by atoms with Crippen LogP contribution in [0.3, 0.4) is 0 Å². The summed E-state index contributed by atoms with van der Waals surface area (Å²) in [5.74, 6) is 0. The third-order valence-electron chi connectivity index (χ3n) is 0.343. The molecular weight excluding hydrogens is 141 g/mol. The van der Waals surface area contributed by atoms with Gasteiger partial charge in [0.05, 0.1) is 0 Å². The fraction of sp³-hybridized carbons (Fsp3) is 0. The molecule has 1 aliphatic heterocycles. The minimum absolute atomic E-state index is 0.0148. The van der Waals surface area contributed by atoms with Gasteiger partial charge in [-0.3, -0.25) is 0 Å². The van der Waals surface area contributed by atoms with Crippen molar-refractivity contribution >= 4 is 15.6 Å². The van der Waals surface area contributed by atoms with Crippen LogP contribution in [-0.4, -0.2) is 15.6 Å². The molecule has 0 aliphatic carbocycles. The van der Waals surface area contributed by atoms with E-state index in [-0.39, 0.29) is 15.6 Å². The molecule has 0 saturated heterocycles. The molecular formula is C2H2AsN3. The Morgan fingerprint density at radius 2 is 2.50 bits per heavy atom. The summed E-state index contributed by atoms with van der Waals surface area (Å²) >= 11 is 0.0148. The Labute approximate surface area is 41.6 Å². The van der Waals surface area contributed by atoms with E-state index in [1.807, 2.05) is 4.86 Å². The molecule has 1 rings (SSSR count). The van der Waals surface area contributed by atoms with E-state index < -0.39 is 0 Å². The van der Waals surface area contributed by atoms with Gasteiger partial charge in [-0.25, -0.2) is 0 Å². The van der Waals surface area contributed by atoms with Crippen molar-refractivity contribution in [3.8, 4) is 0 Å². The molecule has 0 fully saturated rings. The van der Waals surface area contributed by atoms with Gasteiger partial charge in [-0.05, 0) is 0 Å². The second kappa shape index (κ2) is 1.98. The van der Waals surface area contributed by atoms with Gasteiger partial charge in [-0.2, -0.15) is 0 Å². The maximum atomic E-state index is 3.64. The first-order valence-corrected chi connectivity index (χ1v) is 3.37. The molecule has 0 aromatic heterocycles. The molecule has 0 bridgehead atoms. The van der Waals surface area contributed by atoms with E-state index in [2.05, 4.69) is 14.3 Å². The van der Waals surface area contributed by atoms with E-state index >= 15 is 0 Å². The van der Waals surface area contributed by atoms with Crippen molar-refractivity contribution in [3.05, 3.63) is 11.1 Å². The van der Waals surface area contributed by atoms with Crippen molar-refractivity contribution in [2.24, 2.45) is 14.3 Å². The molecule has 0 unspecified atom stereocenters. The van der Waals surface area contributed by atoms with Crippen LogP contribution in [0.2, 0.25) is 0 Å². The van der Waals surface area contributed by atoms with Crippen LogP contribution >= 0.6 is 0 Å². The van der Waals surface area contributed by atoms with Crippen LogP contribution in [0.5, 0.6) is 0 Å². The minimum atomic E-state index is 0.0148. The Bertz CT molecular complexity index is 78.2. The van der Waals surface area contributed by atoms with Gasteiger partial charge >= 0.3 is 40.9 Å². The van der Waals surface area contributed by atoms with E-state index in [1.165, 1.54) is 0 Å². The zero-order valence-electron chi connectivity index (χ0n) is 2.94. The van der Waals surface area contributed by atoms with Crippen molar-refractivity contribution in [1.29, 1.82) is 0 Å². The van der Waals surface area contributed by atoms with Gasteiger partial charge < -0.3 is 0 Å². The first-order valence-electron chi connectivity index (χ1n) is 1.45. The van der Waals surface area contributed by atoms with E-state index in [9.17, 15) is 0 Å². The number of nitrogens with zero attached hydrogens (tertiary/aromatic N) is 3. The molecule has 4 heteroatoms. The average Bonchev–Trinajstić information content (AvgIpc) is 1.72. The Balaban J connectivity index is 2.77. The van der Waals surface area contributed by atoms with Crippen LogP contribution in [-0.2, 0) is 0 Å². The number of hydrogen-bond acceptors (Lipinski definition) is 3. The summed E-state index contributed by atoms with van der Waals surface area (Å²) in [5, 5.41) is 6.86. The van der Waals surface area contributed by atoms with Crippen molar-refractivity contribution in [2.45, 2.75) is 0 Å². The topological polar surface area (TPSA) is 37.1 Å². The fourth-order valence-corrected chi connectivity index (χ4v) is 0.735. The van der Waals surface area contributed by atoms with E-state index in [4.69, 9.17) is 0 Å². The summed E-state index contributed by atoms with van der Waals surface area (Å²) in [6.07, 6.45) is 1.67.